The van der Waals surface area contributed by atoms with Crippen LogP contribution in [0.15, 0.2) is 42.5 Å². The monoisotopic (exact) mass is 390 g/mol. The lowest BCUT2D eigenvalue weighted by molar-refractivity contribution is -0.139. The van der Waals surface area contributed by atoms with E-state index in [0.717, 1.165) is 24.9 Å². The SMILES string of the molecule is CCCCCCC=CCCC(Cl)CN(c1ccccc1)N1C(=O)CCC1=O. The highest BCUT2D eigenvalue weighted by molar-refractivity contribution is 6.21. The molecule has 5 heteroatoms. The van der Waals surface area contributed by atoms with E-state index < -0.39 is 0 Å². The maximum absolute atomic E-state index is 12.2. The van der Waals surface area contributed by atoms with Crippen molar-refractivity contribution in [2.24, 2.45) is 0 Å². The van der Waals surface area contributed by atoms with Crippen LogP contribution in [0.3, 0.4) is 0 Å². The molecular weight excluding hydrogens is 360 g/mol. The second kappa shape index (κ2) is 11.8. The number of rotatable bonds is 12. The first kappa shape index (κ1) is 21.5. The zero-order valence-electron chi connectivity index (χ0n) is 16.3. The molecule has 0 spiro atoms. The number of hydrazine groups is 1. The van der Waals surface area contributed by atoms with Gasteiger partial charge in [0, 0.05) is 12.8 Å². The molecule has 0 radical (unpaired) electrons. The molecule has 2 amide bonds. The van der Waals surface area contributed by atoms with Crippen molar-refractivity contribution in [3.05, 3.63) is 42.5 Å². The molecule has 0 N–H and O–H groups in total. The van der Waals surface area contributed by atoms with Gasteiger partial charge in [0.2, 0.25) is 11.8 Å². The summed E-state index contributed by atoms with van der Waals surface area (Å²) in [4.78, 5) is 24.4. The van der Waals surface area contributed by atoms with E-state index in [4.69, 9.17) is 11.6 Å². The van der Waals surface area contributed by atoms with Crippen molar-refractivity contribution in [2.45, 2.75) is 70.1 Å². The van der Waals surface area contributed by atoms with Crippen LogP contribution in [-0.2, 0) is 9.59 Å². The molecule has 1 aliphatic heterocycles. The Morgan fingerprint density at radius 3 is 2.37 bits per heavy atom. The summed E-state index contributed by atoms with van der Waals surface area (Å²) < 4.78 is 0. The van der Waals surface area contributed by atoms with Crippen molar-refractivity contribution in [3.8, 4) is 0 Å². The zero-order chi connectivity index (χ0) is 19.5. The first-order valence-corrected chi connectivity index (χ1v) is 10.5. The van der Waals surface area contributed by atoms with Crippen molar-refractivity contribution in [1.29, 1.82) is 0 Å². The fourth-order valence-corrected chi connectivity index (χ4v) is 3.47. The van der Waals surface area contributed by atoms with Crippen molar-refractivity contribution < 1.29 is 9.59 Å². The molecule has 1 unspecified atom stereocenters. The minimum absolute atomic E-state index is 0.142. The lowest BCUT2D eigenvalue weighted by Gasteiger charge is -2.33. The molecule has 1 fully saturated rings. The smallest absolute Gasteiger partial charge is 0.248 e. The number of allylic oxidation sites excluding steroid dienone is 2. The maximum Gasteiger partial charge on any atom is 0.248 e. The topological polar surface area (TPSA) is 40.6 Å². The van der Waals surface area contributed by atoms with E-state index in [-0.39, 0.29) is 30.0 Å². The Balaban J connectivity index is 1.87. The van der Waals surface area contributed by atoms with Crippen molar-refractivity contribution >= 4 is 29.1 Å². The molecule has 1 atom stereocenters. The summed E-state index contributed by atoms with van der Waals surface area (Å²) in [5, 5.41) is 2.87. The number of carbonyl (C=O) groups excluding carboxylic acids is 2. The largest absolute Gasteiger partial charge is 0.274 e. The Morgan fingerprint density at radius 2 is 1.70 bits per heavy atom. The van der Waals surface area contributed by atoms with Crippen LogP contribution >= 0.6 is 11.6 Å². The molecule has 0 aliphatic carbocycles. The Morgan fingerprint density at radius 1 is 1.04 bits per heavy atom. The number of nitrogens with zero attached hydrogens (tertiary/aromatic N) is 2. The molecular formula is C22H31ClN2O2. The summed E-state index contributed by atoms with van der Waals surface area (Å²) in [7, 11) is 0. The number of imide groups is 1. The van der Waals surface area contributed by atoms with E-state index in [9.17, 15) is 9.59 Å². The second-order valence-corrected chi connectivity index (χ2v) is 7.63. The third kappa shape index (κ3) is 7.02. The fourth-order valence-electron chi connectivity index (χ4n) is 3.22. The summed E-state index contributed by atoms with van der Waals surface area (Å²) in [6, 6.07) is 9.52. The minimum atomic E-state index is -0.153. The van der Waals surface area contributed by atoms with Gasteiger partial charge >= 0.3 is 0 Å². The number of hydrogen-bond acceptors (Lipinski definition) is 3. The molecule has 4 nitrogen and oxygen atoms in total. The summed E-state index contributed by atoms with van der Waals surface area (Å²) >= 11 is 6.56. The molecule has 1 aromatic carbocycles. The molecule has 2 rings (SSSR count). The molecule has 148 valence electrons. The van der Waals surface area contributed by atoms with Gasteiger partial charge in [-0.1, -0.05) is 56.5 Å². The second-order valence-electron chi connectivity index (χ2n) is 7.01. The van der Waals surface area contributed by atoms with Gasteiger partial charge in [-0.3, -0.25) is 14.6 Å². The summed E-state index contributed by atoms with van der Waals surface area (Å²) in [5.41, 5.74) is 0.818. The fraction of sp³-hybridized carbons (Fsp3) is 0.545. The first-order valence-electron chi connectivity index (χ1n) is 10.1. The molecule has 27 heavy (non-hydrogen) atoms. The van der Waals surface area contributed by atoms with Crippen molar-refractivity contribution in [2.75, 3.05) is 11.6 Å². The van der Waals surface area contributed by atoms with E-state index in [0.29, 0.717) is 6.54 Å². The average molecular weight is 391 g/mol. The van der Waals surface area contributed by atoms with E-state index in [1.807, 2.05) is 30.3 Å². The minimum Gasteiger partial charge on any atom is -0.274 e. The highest BCUT2D eigenvalue weighted by atomic mass is 35.5. The van der Waals surface area contributed by atoms with Gasteiger partial charge in [0.15, 0.2) is 0 Å². The van der Waals surface area contributed by atoms with Gasteiger partial charge < -0.3 is 0 Å². The van der Waals surface area contributed by atoms with Crippen molar-refractivity contribution in [1.82, 2.24) is 5.01 Å². The van der Waals surface area contributed by atoms with E-state index >= 15 is 0 Å². The molecule has 0 saturated carbocycles. The van der Waals surface area contributed by atoms with Crippen LogP contribution in [0.2, 0.25) is 0 Å². The summed E-state index contributed by atoms with van der Waals surface area (Å²) in [6.45, 7) is 2.66. The molecule has 1 saturated heterocycles. The van der Waals surface area contributed by atoms with Gasteiger partial charge in [0.25, 0.3) is 0 Å². The highest BCUT2D eigenvalue weighted by Crippen LogP contribution is 2.24. The van der Waals surface area contributed by atoms with Gasteiger partial charge in [0.05, 0.1) is 17.6 Å². The lowest BCUT2D eigenvalue weighted by atomic mass is 10.1. The van der Waals surface area contributed by atoms with E-state index in [1.165, 1.54) is 30.7 Å². The lowest BCUT2D eigenvalue weighted by Crippen LogP contribution is -2.48. The van der Waals surface area contributed by atoms with Gasteiger partial charge in [-0.25, -0.2) is 0 Å². The molecule has 0 bridgehead atoms. The zero-order valence-corrected chi connectivity index (χ0v) is 17.0. The van der Waals surface area contributed by atoms with Gasteiger partial charge in [0.1, 0.15) is 0 Å². The number of unbranched alkanes of at least 4 members (excludes halogenated alkanes) is 4. The van der Waals surface area contributed by atoms with Crippen LogP contribution < -0.4 is 5.01 Å². The maximum atomic E-state index is 12.2. The van der Waals surface area contributed by atoms with Crippen LogP contribution in [0, 0.1) is 0 Å². The van der Waals surface area contributed by atoms with Crippen molar-refractivity contribution in [3.63, 3.8) is 0 Å². The number of para-hydroxylation sites is 1. The molecule has 1 aromatic rings. The number of alkyl halides is 1. The number of amides is 2. The van der Waals surface area contributed by atoms with Gasteiger partial charge in [-0.15, -0.1) is 11.6 Å². The number of carbonyl (C=O) groups is 2. The predicted octanol–water partition coefficient (Wildman–Crippen LogP) is 5.47. The average Bonchev–Trinajstić information content (AvgIpc) is 3.01. The third-order valence-electron chi connectivity index (χ3n) is 4.73. The standard InChI is InChI=1S/C22H31ClN2O2/c1-2-3-4-5-6-7-8-10-13-19(23)18-24(20-14-11-9-12-15-20)25-21(26)16-17-22(25)27/h7-9,11-12,14-15,19H,2-6,10,13,16-18H2,1H3. The number of halogens is 1. The number of anilines is 1. The van der Waals surface area contributed by atoms with E-state index in [1.54, 1.807) is 5.01 Å². The van der Waals surface area contributed by atoms with Crippen LogP contribution in [0.4, 0.5) is 5.69 Å². The Labute approximate surface area is 168 Å². The third-order valence-corrected chi connectivity index (χ3v) is 5.09. The quantitative estimate of drug-likeness (QED) is 0.205. The number of hydrogen-bond donors (Lipinski definition) is 0. The Bertz CT molecular complexity index is 602. The van der Waals surface area contributed by atoms with Gasteiger partial charge in [-0.2, -0.15) is 5.01 Å². The van der Waals surface area contributed by atoms with Gasteiger partial charge in [-0.05, 0) is 37.8 Å². The molecule has 0 aromatic heterocycles. The molecule has 1 heterocycles. The highest BCUT2D eigenvalue weighted by Gasteiger charge is 2.35. The summed E-state index contributed by atoms with van der Waals surface area (Å²) in [6.07, 6.45) is 12.9. The van der Waals surface area contributed by atoms with Crippen LogP contribution in [-0.4, -0.2) is 28.7 Å². The molecule has 1 aliphatic rings. The first-order chi connectivity index (χ1) is 13.1. The van der Waals surface area contributed by atoms with Crippen LogP contribution in [0.5, 0.6) is 0 Å². The predicted molar refractivity (Wildman–Crippen MR) is 112 cm³/mol. The normalized spacial score (nSPS) is 15.7. The van der Waals surface area contributed by atoms with Crippen LogP contribution in [0.1, 0.15) is 64.7 Å². The Kier molecular flexibility index (Phi) is 9.40. The summed E-state index contributed by atoms with van der Waals surface area (Å²) in [5.74, 6) is -0.306. The van der Waals surface area contributed by atoms with E-state index in [2.05, 4.69) is 19.1 Å². The van der Waals surface area contributed by atoms with Crippen LogP contribution in [0.25, 0.3) is 0 Å². The Hall–Kier alpha value is -1.81. The number of benzene rings is 1.